The molecule has 6 heteroatoms. The van der Waals surface area contributed by atoms with E-state index < -0.39 is 11.0 Å². The molecular formula is C25H32N2O4. The molecule has 0 aromatic heterocycles. The van der Waals surface area contributed by atoms with Crippen LogP contribution in [0.5, 0.6) is 0 Å². The van der Waals surface area contributed by atoms with Gasteiger partial charge in [0.2, 0.25) is 0 Å². The number of benzene rings is 2. The molecule has 1 unspecified atom stereocenters. The van der Waals surface area contributed by atoms with E-state index in [9.17, 15) is 14.9 Å². The molecule has 31 heavy (non-hydrogen) atoms. The van der Waals surface area contributed by atoms with Gasteiger partial charge in [-0.3, -0.25) is 10.1 Å². The fraction of sp³-hybridized carbons (Fsp3) is 0.480. The first-order valence-electron chi connectivity index (χ1n) is 11.1. The minimum atomic E-state index is -0.714. The molecule has 1 saturated carbocycles. The van der Waals surface area contributed by atoms with Gasteiger partial charge >= 0.3 is 5.97 Å². The first-order chi connectivity index (χ1) is 14.8. The van der Waals surface area contributed by atoms with Crippen molar-refractivity contribution in [3.05, 3.63) is 70.3 Å². The van der Waals surface area contributed by atoms with Gasteiger partial charge in [0.05, 0.1) is 4.92 Å². The minimum absolute atomic E-state index is 0.0558. The molecule has 6 nitrogen and oxygen atoms in total. The van der Waals surface area contributed by atoms with Crippen LogP contribution in [-0.4, -0.2) is 23.0 Å². The SMILES string of the molecule is CC(C)C1CC[C@@H](C)C[C@H]1OC(=O)[C@@H](Cc1ccccc1)Nc1ccccc1[N+](=O)[O-]. The van der Waals surface area contributed by atoms with Crippen molar-refractivity contribution in [3.8, 4) is 0 Å². The minimum Gasteiger partial charge on any atom is -0.461 e. The van der Waals surface area contributed by atoms with E-state index in [0.29, 0.717) is 29.9 Å². The van der Waals surface area contributed by atoms with E-state index in [0.717, 1.165) is 24.8 Å². The lowest BCUT2D eigenvalue weighted by atomic mass is 9.75. The average Bonchev–Trinajstić information content (AvgIpc) is 2.74. The molecule has 0 amide bonds. The topological polar surface area (TPSA) is 81.5 Å². The van der Waals surface area contributed by atoms with E-state index in [1.165, 1.54) is 6.07 Å². The number of anilines is 1. The monoisotopic (exact) mass is 424 g/mol. The standard InChI is InChI=1S/C25H32N2O4/c1-17(2)20-14-13-18(3)15-24(20)31-25(28)22(16-19-9-5-4-6-10-19)26-21-11-7-8-12-23(21)27(29)30/h4-12,17-18,20,22,24,26H,13-16H2,1-3H3/t18-,20?,22-,24-/m1/s1. The molecule has 0 bridgehead atoms. The number of esters is 1. The van der Waals surface area contributed by atoms with Gasteiger partial charge < -0.3 is 10.1 Å². The Morgan fingerprint density at radius 3 is 2.48 bits per heavy atom. The van der Waals surface area contributed by atoms with Gasteiger partial charge in [0, 0.05) is 12.5 Å². The second-order valence-electron chi connectivity index (χ2n) is 8.96. The average molecular weight is 425 g/mol. The predicted molar refractivity (Wildman–Crippen MR) is 122 cm³/mol. The van der Waals surface area contributed by atoms with E-state index in [-0.39, 0.29) is 17.8 Å². The highest BCUT2D eigenvalue weighted by molar-refractivity contribution is 5.81. The fourth-order valence-corrected chi connectivity index (χ4v) is 4.47. The summed E-state index contributed by atoms with van der Waals surface area (Å²) in [5, 5.41) is 14.6. The number of carbonyl (C=O) groups excluding carboxylic acids is 1. The third-order valence-electron chi connectivity index (χ3n) is 6.23. The number of hydrogen-bond acceptors (Lipinski definition) is 5. The van der Waals surface area contributed by atoms with Crippen LogP contribution in [0.3, 0.4) is 0 Å². The van der Waals surface area contributed by atoms with Crippen LogP contribution in [0, 0.1) is 27.9 Å². The first-order valence-corrected chi connectivity index (χ1v) is 11.1. The number of hydrogen-bond donors (Lipinski definition) is 1. The number of ether oxygens (including phenoxy) is 1. The highest BCUT2D eigenvalue weighted by Gasteiger charge is 2.35. The summed E-state index contributed by atoms with van der Waals surface area (Å²) in [6.45, 7) is 6.55. The summed E-state index contributed by atoms with van der Waals surface area (Å²) in [6.07, 6.45) is 3.33. The van der Waals surface area contributed by atoms with Gasteiger partial charge in [0.15, 0.2) is 0 Å². The van der Waals surface area contributed by atoms with Gasteiger partial charge in [-0.2, -0.15) is 0 Å². The Kier molecular flexibility index (Phi) is 7.66. The van der Waals surface area contributed by atoms with Crippen molar-refractivity contribution in [1.29, 1.82) is 0 Å². The molecule has 0 spiro atoms. The summed E-state index contributed by atoms with van der Waals surface area (Å²) in [5.41, 5.74) is 1.23. The number of nitrogens with one attached hydrogen (secondary N) is 1. The number of para-hydroxylation sites is 2. The highest BCUT2D eigenvalue weighted by atomic mass is 16.6. The zero-order valence-corrected chi connectivity index (χ0v) is 18.5. The Morgan fingerprint density at radius 2 is 1.81 bits per heavy atom. The second-order valence-corrected chi connectivity index (χ2v) is 8.96. The summed E-state index contributed by atoms with van der Waals surface area (Å²) in [5.74, 6) is 0.930. The molecule has 4 atom stereocenters. The maximum absolute atomic E-state index is 13.3. The Labute approximate surface area is 184 Å². The summed E-state index contributed by atoms with van der Waals surface area (Å²) in [4.78, 5) is 24.3. The van der Waals surface area contributed by atoms with Crippen molar-refractivity contribution in [3.63, 3.8) is 0 Å². The summed E-state index contributed by atoms with van der Waals surface area (Å²) >= 11 is 0. The van der Waals surface area contributed by atoms with Crippen molar-refractivity contribution in [2.24, 2.45) is 17.8 Å². The van der Waals surface area contributed by atoms with Crippen LogP contribution in [0.15, 0.2) is 54.6 Å². The fourth-order valence-electron chi connectivity index (χ4n) is 4.47. The lowest BCUT2D eigenvalue weighted by Crippen LogP contribution is -2.41. The molecular weight excluding hydrogens is 392 g/mol. The zero-order chi connectivity index (χ0) is 22.4. The molecule has 1 aliphatic carbocycles. The Balaban J connectivity index is 1.83. The largest absolute Gasteiger partial charge is 0.461 e. The molecule has 1 N–H and O–H groups in total. The van der Waals surface area contributed by atoms with E-state index in [1.807, 2.05) is 30.3 Å². The first kappa shape index (κ1) is 22.8. The Bertz CT molecular complexity index is 884. The molecule has 3 rings (SSSR count). The maximum atomic E-state index is 13.3. The maximum Gasteiger partial charge on any atom is 0.329 e. The summed E-state index contributed by atoms with van der Waals surface area (Å²) in [7, 11) is 0. The van der Waals surface area contributed by atoms with Crippen LogP contribution in [0.25, 0.3) is 0 Å². The summed E-state index contributed by atoms with van der Waals surface area (Å²) < 4.78 is 6.07. The van der Waals surface area contributed by atoms with Crippen molar-refractivity contribution < 1.29 is 14.5 Å². The third kappa shape index (κ3) is 6.06. The van der Waals surface area contributed by atoms with Gasteiger partial charge in [-0.1, -0.05) is 69.7 Å². The van der Waals surface area contributed by atoms with Crippen LogP contribution < -0.4 is 5.32 Å². The number of carbonyl (C=O) groups is 1. The lowest BCUT2D eigenvalue weighted by molar-refractivity contribution is -0.384. The smallest absolute Gasteiger partial charge is 0.329 e. The quantitative estimate of drug-likeness (QED) is 0.338. The van der Waals surface area contributed by atoms with Crippen LogP contribution in [0.2, 0.25) is 0 Å². The lowest BCUT2D eigenvalue weighted by Gasteiger charge is -2.37. The van der Waals surface area contributed by atoms with Gasteiger partial charge in [-0.05, 0) is 42.2 Å². The molecule has 0 saturated heterocycles. The predicted octanol–water partition coefficient (Wildman–Crippen LogP) is 5.62. The van der Waals surface area contributed by atoms with E-state index in [2.05, 4.69) is 26.1 Å². The van der Waals surface area contributed by atoms with Crippen molar-refractivity contribution >= 4 is 17.3 Å². The number of nitro groups is 1. The molecule has 0 aliphatic heterocycles. The van der Waals surface area contributed by atoms with Gasteiger partial charge in [-0.15, -0.1) is 0 Å². The number of rotatable bonds is 8. The van der Waals surface area contributed by atoms with Crippen molar-refractivity contribution in [1.82, 2.24) is 0 Å². The number of nitrogens with zero attached hydrogens (tertiary/aromatic N) is 1. The number of nitro benzene ring substituents is 1. The molecule has 0 heterocycles. The zero-order valence-electron chi connectivity index (χ0n) is 18.5. The molecule has 2 aromatic carbocycles. The molecule has 1 fully saturated rings. The second kappa shape index (κ2) is 10.4. The van der Waals surface area contributed by atoms with E-state index in [1.54, 1.807) is 18.2 Å². The van der Waals surface area contributed by atoms with Crippen molar-refractivity contribution in [2.45, 2.75) is 58.6 Å². The van der Waals surface area contributed by atoms with E-state index in [4.69, 9.17) is 4.74 Å². The Hall–Kier alpha value is -2.89. The molecule has 1 aliphatic rings. The van der Waals surface area contributed by atoms with Crippen LogP contribution in [-0.2, 0) is 16.0 Å². The van der Waals surface area contributed by atoms with Crippen molar-refractivity contribution in [2.75, 3.05) is 5.32 Å². The molecule has 0 radical (unpaired) electrons. The van der Waals surface area contributed by atoms with Gasteiger partial charge in [-0.25, -0.2) is 4.79 Å². The summed E-state index contributed by atoms with van der Waals surface area (Å²) in [6, 6.07) is 15.3. The highest BCUT2D eigenvalue weighted by Crippen LogP contribution is 2.36. The van der Waals surface area contributed by atoms with Crippen LogP contribution in [0.1, 0.15) is 45.6 Å². The van der Waals surface area contributed by atoms with Crippen LogP contribution in [0.4, 0.5) is 11.4 Å². The van der Waals surface area contributed by atoms with E-state index >= 15 is 0 Å². The Morgan fingerprint density at radius 1 is 1.13 bits per heavy atom. The van der Waals surface area contributed by atoms with Gasteiger partial charge in [0.25, 0.3) is 5.69 Å². The third-order valence-corrected chi connectivity index (χ3v) is 6.23. The normalized spacial score (nSPS) is 22.0. The molecule has 2 aromatic rings. The van der Waals surface area contributed by atoms with Crippen LogP contribution >= 0.6 is 0 Å². The van der Waals surface area contributed by atoms with Gasteiger partial charge in [0.1, 0.15) is 17.8 Å². The molecule has 166 valence electrons.